The van der Waals surface area contributed by atoms with E-state index in [1.54, 1.807) is 6.92 Å². The van der Waals surface area contributed by atoms with Gasteiger partial charge >= 0.3 is 11.9 Å². The van der Waals surface area contributed by atoms with Crippen LogP contribution < -0.4 is 0 Å². The molecule has 2 atom stereocenters. The summed E-state index contributed by atoms with van der Waals surface area (Å²) in [5, 5.41) is 0. The Hall–Kier alpha value is -1.50. The minimum absolute atomic E-state index is 0.00491. The quantitative estimate of drug-likeness (QED) is 0.303. The van der Waals surface area contributed by atoms with E-state index in [-0.39, 0.29) is 37.0 Å². The van der Waals surface area contributed by atoms with Gasteiger partial charge in [-0.15, -0.1) is 5.92 Å². The van der Waals surface area contributed by atoms with Crippen LogP contribution in [0, 0.1) is 11.8 Å². The molecule has 0 spiro atoms. The molecular formula is C19H32O4. The SMILES string of the molecule is CC#CC(CC)OC(=O)CCCC(=O)OC(CC)CCCCC. The first-order valence-electron chi connectivity index (χ1n) is 8.88. The molecule has 4 heteroatoms. The fourth-order valence-corrected chi connectivity index (χ4v) is 2.18. The molecule has 0 saturated heterocycles. The van der Waals surface area contributed by atoms with Crippen LogP contribution in [0.3, 0.4) is 0 Å². The van der Waals surface area contributed by atoms with Crippen molar-refractivity contribution in [2.45, 2.75) is 97.7 Å². The van der Waals surface area contributed by atoms with E-state index in [0.29, 0.717) is 12.8 Å². The molecule has 0 bridgehead atoms. The van der Waals surface area contributed by atoms with Crippen molar-refractivity contribution in [1.29, 1.82) is 0 Å². The standard InChI is InChI=1S/C19H32O4/c1-5-9-10-13-17(8-4)23-19(21)15-11-14-18(20)22-16(7-3)12-6-2/h16-17H,5,7-11,13-15H2,1-4H3. The largest absolute Gasteiger partial charge is 0.462 e. The van der Waals surface area contributed by atoms with Gasteiger partial charge in [-0.3, -0.25) is 9.59 Å². The Labute approximate surface area is 141 Å². The average molecular weight is 324 g/mol. The maximum Gasteiger partial charge on any atom is 0.307 e. The number of carbonyl (C=O) groups excluding carboxylic acids is 2. The fourth-order valence-electron chi connectivity index (χ4n) is 2.18. The van der Waals surface area contributed by atoms with Crippen LogP contribution in [0.15, 0.2) is 0 Å². The van der Waals surface area contributed by atoms with Crippen molar-refractivity contribution in [3.05, 3.63) is 0 Å². The van der Waals surface area contributed by atoms with Gasteiger partial charge in [-0.05, 0) is 39.0 Å². The molecule has 0 aliphatic carbocycles. The van der Waals surface area contributed by atoms with E-state index in [1.807, 2.05) is 13.8 Å². The van der Waals surface area contributed by atoms with E-state index in [1.165, 1.54) is 6.42 Å². The second-order valence-electron chi connectivity index (χ2n) is 5.65. The van der Waals surface area contributed by atoms with Crippen molar-refractivity contribution < 1.29 is 19.1 Å². The first-order valence-corrected chi connectivity index (χ1v) is 8.88. The molecule has 132 valence electrons. The zero-order valence-electron chi connectivity index (χ0n) is 15.2. The van der Waals surface area contributed by atoms with Gasteiger partial charge in [-0.2, -0.15) is 0 Å². The molecule has 0 heterocycles. The first-order chi connectivity index (χ1) is 11.1. The molecule has 0 aromatic carbocycles. The minimum atomic E-state index is -0.345. The highest BCUT2D eigenvalue weighted by Gasteiger charge is 2.14. The van der Waals surface area contributed by atoms with Crippen LogP contribution in [0.4, 0.5) is 0 Å². The monoisotopic (exact) mass is 324 g/mol. The number of hydrogen-bond donors (Lipinski definition) is 0. The summed E-state index contributed by atoms with van der Waals surface area (Å²) in [4.78, 5) is 23.5. The lowest BCUT2D eigenvalue weighted by Gasteiger charge is -2.16. The van der Waals surface area contributed by atoms with E-state index >= 15 is 0 Å². The van der Waals surface area contributed by atoms with Gasteiger partial charge in [-0.1, -0.05) is 39.5 Å². The smallest absolute Gasteiger partial charge is 0.307 e. The van der Waals surface area contributed by atoms with Crippen LogP contribution in [0.25, 0.3) is 0 Å². The molecule has 0 N–H and O–H groups in total. The Morgan fingerprint density at radius 2 is 1.57 bits per heavy atom. The van der Waals surface area contributed by atoms with Crippen LogP contribution in [-0.2, 0) is 19.1 Å². The Morgan fingerprint density at radius 3 is 2.09 bits per heavy atom. The molecule has 0 aliphatic rings. The summed E-state index contributed by atoms with van der Waals surface area (Å²) >= 11 is 0. The molecule has 0 aromatic rings. The zero-order chi connectivity index (χ0) is 17.5. The molecular weight excluding hydrogens is 292 g/mol. The van der Waals surface area contributed by atoms with Gasteiger partial charge in [0.1, 0.15) is 6.10 Å². The Kier molecular flexibility index (Phi) is 13.2. The molecule has 0 saturated carbocycles. The predicted molar refractivity (Wildman–Crippen MR) is 91.8 cm³/mol. The number of ether oxygens (including phenoxy) is 2. The van der Waals surface area contributed by atoms with Gasteiger partial charge in [0.05, 0.1) is 0 Å². The van der Waals surface area contributed by atoms with Crippen LogP contribution >= 0.6 is 0 Å². The summed E-state index contributed by atoms with van der Waals surface area (Å²) in [6.07, 6.45) is 6.45. The summed E-state index contributed by atoms with van der Waals surface area (Å²) in [5.41, 5.74) is 0. The Bertz CT molecular complexity index is 392. The topological polar surface area (TPSA) is 52.6 Å². The van der Waals surface area contributed by atoms with Crippen molar-refractivity contribution in [2.75, 3.05) is 0 Å². The number of hydrogen-bond acceptors (Lipinski definition) is 4. The molecule has 4 nitrogen and oxygen atoms in total. The highest BCUT2D eigenvalue weighted by Crippen LogP contribution is 2.12. The van der Waals surface area contributed by atoms with Gasteiger partial charge in [0.15, 0.2) is 6.10 Å². The van der Waals surface area contributed by atoms with Crippen LogP contribution in [-0.4, -0.2) is 24.1 Å². The van der Waals surface area contributed by atoms with Gasteiger partial charge < -0.3 is 9.47 Å². The van der Waals surface area contributed by atoms with E-state index in [4.69, 9.17) is 9.47 Å². The third kappa shape index (κ3) is 11.7. The summed E-state index contributed by atoms with van der Waals surface area (Å²) in [7, 11) is 0. The fraction of sp³-hybridized carbons (Fsp3) is 0.789. The van der Waals surface area contributed by atoms with Gasteiger partial charge in [0.25, 0.3) is 0 Å². The maximum atomic E-state index is 11.8. The Morgan fingerprint density at radius 1 is 0.913 bits per heavy atom. The first kappa shape index (κ1) is 21.5. The molecule has 23 heavy (non-hydrogen) atoms. The molecule has 0 aromatic heterocycles. The second kappa shape index (κ2) is 14.1. The average Bonchev–Trinajstić information content (AvgIpc) is 2.53. The van der Waals surface area contributed by atoms with E-state index in [2.05, 4.69) is 18.8 Å². The minimum Gasteiger partial charge on any atom is -0.462 e. The van der Waals surface area contributed by atoms with Crippen molar-refractivity contribution >= 4 is 11.9 Å². The molecule has 0 fully saturated rings. The summed E-state index contributed by atoms with van der Waals surface area (Å²) in [6, 6.07) is 0. The van der Waals surface area contributed by atoms with Crippen molar-refractivity contribution in [1.82, 2.24) is 0 Å². The van der Waals surface area contributed by atoms with Gasteiger partial charge in [0, 0.05) is 12.8 Å². The normalized spacial score (nSPS) is 12.7. The highest BCUT2D eigenvalue weighted by atomic mass is 16.5. The molecule has 0 aliphatic heterocycles. The zero-order valence-corrected chi connectivity index (χ0v) is 15.2. The number of rotatable bonds is 12. The van der Waals surface area contributed by atoms with Crippen LogP contribution in [0.1, 0.15) is 85.5 Å². The summed E-state index contributed by atoms with van der Waals surface area (Å²) in [5.74, 6) is 5.06. The van der Waals surface area contributed by atoms with E-state index < -0.39 is 0 Å². The molecule has 0 amide bonds. The van der Waals surface area contributed by atoms with Crippen LogP contribution in [0.5, 0.6) is 0 Å². The summed E-state index contributed by atoms with van der Waals surface area (Å²) < 4.78 is 10.7. The maximum absolute atomic E-state index is 11.8. The van der Waals surface area contributed by atoms with Crippen molar-refractivity contribution in [3.8, 4) is 11.8 Å². The van der Waals surface area contributed by atoms with Crippen molar-refractivity contribution in [3.63, 3.8) is 0 Å². The second-order valence-corrected chi connectivity index (χ2v) is 5.65. The Balaban J connectivity index is 3.94. The van der Waals surface area contributed by atoms with Crippen LogP contribution in [0.2, 0.25) is 0 Å². The number of esters is 2. The lowest BCUT2D eigenvalue weighted by Crippen LogP contribution is -2.18. The van der Waals surface area contributed by atoms with E-state index in [0.717, 1.165) is 25.7 Å². The predicted octanol–water partition coefficient (Wildman–Crippen LogP) is 4.40. The lowest BCUT2D eigenvalue weighted by molar-refractivity contribution is -0.150. The highest BCUT2D eigenvalue weighted by molar-refractivity contribution is 5.72. The lowest BCUT2D eigenvalue weighted by atomic mass is 10.1. The van der Waals surface area contributed by atoms with Gasteiger partial charge in [-0.25, -0.2) is 0 Å². The third-order valence-corrected chi connectivity index (χ3v) is 3.59. The number of unbranched alkanes of at least 4 members (excludes halogenated alkanes) is 2. The molecule has 2 unspecified atom stereocenters. The molecule has 0 rings (SSSR count). The van der Waals surface area contributed by atoms with E-state index in [9.17, 15) is 9.59 Å². The molecule has 0 radical (unpaired) electrons. The third-order valence-electron chi connectivity index (χ3n) is 3.59. The number of carbonyl (C=O) groups is 2. The van der Waals surface area contributed by atoms with Gasteiger partial charge in [0.2, 0.25) is 0 Å². The summed E-state index contributed by atoms with van der Waals surface area (Å²) in [6.45, 7) is 7.82. The van der Waals surface area contributed by atoms with Crippen molar-refractivity contribution in [2.24, 2.45) is 0 Å².